The summed E-state index contributed by atoms with van der Waals surface area (Å²) in [6.45, 7) is 2.49. The molecule has 0 spiro atoms. The molecule has 0 unspecified atom stereocenters. The van der Waals surface area contributed by atoms with Gasteiger partial charge >= 0.3 is 6.03 Å². The average Bonchev–Trinajstić information content (AvgIpc) is 3.24. The van der Waals surface area contributed by atoms with Crippen LogP contribution in [-0.2, 0) is 23.1 Å². The van der Waals surface area contributed by atoms with E-state index in [1.807, 2.05) is 29.2 Å². The highest BCUT2D eigenvalue weighted by Gasteiger charge is 2.26. The van der Waals surface area contributed by atoms with E-state index in [2.05, 4.69) is 16.8 Å². The van der Waals surface area contributed by atoms with Crippen molar-refractivity contribution in [2.75, 3.05) is 24.7 Å². The van der Waals surface area contributed by atoms with Crippen molar-refractivity contribution in [2.24, 2.45) is 0 Å². The highest BCUT2D eigenvalue weighted by molar-refractivity contribution is 7.88. The summed E-state index contributed by atoms with van der Waals surface area (Å²) in [6.07, 6.45) is 2.92. The van der Waals surface area contributed by atoms with Crippen LogP contribution in [0.15, 0.2) is 35.7 Å². The number of rotatable bonds is 3. The Kier molecular flexibility index (Phi) is 4.96. The Hall–Kier alpha value is -1.90. The van der Waals surface area contributed by atoms with E-state index in [0.717, 1.165) is 18.5 Å². The molecule has 0 radical (unpaired) electrons. The lowest BCUT2D eigenvalue weighted by molar-refractivity contribution is 0.213. The van der Waals surface area contributed by atoms with Crippen LogP contribution < -0.4 is 5.32 Å². The molecule has 2 aliphatic heterocycles. The number of anilines is 1. The second-order valence-corrected chi connectivity index (χ2v) is 10.2. The topological polar surface area (TPSA) is 69.7 Å². The number of sulfonamides is 1. The van der Waals surface area contributed by atoms with E-state index in [1.54, 1.807) is 15.6 Å². The molecule has 4 rings (SSSR count). The van der Waals surface area contributed by atoms with Crippen LogP contribution in [0.3, 0.4) is 0 Å². The summed E-state index contributed by atoms with van der Waals surface area (Å²) in [7, 11) is -3.09. The maximum atomic E-state index is 12.5. The number of hydrogen-bond donors (Lipinski definition) is 1. The fourth-order valence-corrected chi connectivity index (χ4v) is 5.57. The van der Waals surface area contributed by atoms with E-state index in [4.69, 9.17) is 0 Å². The van der Waals surface area contributed by atoms with Crippen LogP contribution in [0.1, 0.15) is 34.8 Å². The molecule has 2 aromatic rings. The molecule has 1 fully saturated rings. The predicted octanol–water partition coefficient (Wildman–Crippen LogP) is 3.43. The van der Waals surface area contributed by atoms with Gasteiger partial charge in [-0.25, -0.2) is 17.5 Å². The molecule has 144 valence electrons. The van der Waals surface area contributed by atoms with Gasteiger partial charge in [-0.2, -0.15) is 0 Å². The van der Waals surface area contributed by atoms with E-state index >= 15 is 0 Å². The molecule has 1 aromatic heterocycles. The number of piperidine rings is 1. The van der Waals surface area contributed by atoms with Crippen LogP contribution in [0.4, 0.5) is 10.5 Å². The minimum absolute atomic E-state index is 0.0763. The zero-order valence-corrected chi connectivity index (χ0v) is 16.9. The Morgan fingerprint density at radius 3 is 2.44 bits per heavy atom. The van der Waals surface area contributed by atoms with Crippen LogP contribution in [0.5, 0.6) is 0 Å². The fourth-order valence-electron chi connectivity index (χ4n) is 3.79. The first kappa shape index (κ1) is 18.5. The molecule has 1 saturated heterocycles. The lowest BCUT2D eigenvalue weighted by Gasteiger charge is -2.30. The highest BCUT2D eigenvalue weighted by atomic mass is 32.2. The van der Waals surface area contributed by atoms with Gasteiger partial charge in [-0.1, -0.05) is 12.1 Å². The second-order valence-electron chi connectivity index (χ2n) is 7.21. The first-order valence-corrected chi connectivity index (χ1v) is 11.8. The number of nitrogens with one attached hydrogen (secondary N) is 1. The molecule has 0 aliphatic carbocycles. The standard InChI is InChI=1S/C19H23N3O3S2/c1-27(24,25)22-9-6-15(7-10-22)14-2-4-17(5-3-14)20-19(23)21-12-16-8-11-26-18(16)13-21/h2-5,8,11,15H,6-7,9-10,12-13H2,1H3,(H,20,23). The van der Waals surface area contributed by atoms with Crippen molar-refractivity contribution in [3.05, 3.63) is 51.7 Å². The van der Waals surface area contributed by atoms with Gasteiger partial charge in [-0.15, -0.1) is 11.3 Å². The molecule has 1 N–H and O–H groups in total. The molecule has 1 aromatic carbocycles. The number of urea groups is 1. The third kappa shape index (κ3) is 4.02. The van der Waals surface area contributed by atoms with E-state index in [9.17, 15) is 13.2 Å². The van der Waals surface area contributed by atoms with Gasteiger partial charge < -0.3 is 10.2 Å². The van der Waals surface area contributed by atoms with Gasteiger partial charge in [0.15, 0.2) is 0 Å². The molecule has 2 amide bonds. The summed E-state index contributed by atoms with van der Waals surface area (Å²) in [4.78, 5) is 15.5. The van der Waals surface area contributed by atoms with E-state index < -0.39 is 10.0 Å². The van der Waals surface area contributed by atoms with Gasteiger partial charge in [0, 0.05) is 30.2 Å². The molecule has 0 bridgehead atoms. The van der Waals surface area contributed by atoms with Crippen LogP contribution in [-0.4, -0.2) is 43.0 Å². The van der Waals surface area contributed by atoms with Crippen molar-refractivity contribution >= 4 is 33.1 Å². The fraction of sp³-hybridized carbons (Fsp3) is 0.421. The number of thiophene rings is 1. The van der Waals surface area contributed by atoms with Crippen LogP contribution >= 0.6 is 11.3 Å². The molecule has 0 saturated carbocycles. The Morgan fingerprint density at radius 2 is 1.81 bits per heavy atom. The van der Waals surface area contributed by atoms with Gasteiger partial charge in [0.1, 0.15) is 0 Å². The van der Waals surface area contributed by atoms with Crippen molar-refractivity contribution in [3.8, 4) is 0 Å². The Labute approximate surface area is 163 Å². The zero-order chi connectivity index (χ0) is 19.0. The molecule has 2 aliphatic rings. The van der Waals surface area contributed by atoms with Crippen molar-refractivity contribution in [3.63, 3.8) is 0 Å². The van der Waals surface area contributed by atoms with Crippen molar-refractivity contribution in [1.29, 1.82) is 0 Å². The number of carbonyl (C=O) groups excluding carboxylic acids is 1. The van der Waals surface area contributed by atoms with Gasteiger partial charge in [0.2, 0.25) is 10.0 Å². The smallest absolute Gasteiger partial charge is 0.315 e. The number of carbonyl (C=O) groups is 1. The Morgan fingerprint density at radius 1 is 1.11 bits per heavy atom. The van der Waals surface area contributed by atoms with Crippen molar-refractivity contribution < 1.29 is 13.2 Å². The predicted molar refractivity (Wildman–Crippen MR) is 107 cm³/mol. The summed E-state index contributed by atoms with van der Waals surface area (Å²) in [5.41, 5.74) is 3.23. The maximum Gasteiger partial charge on any atom is 0.322 e. The quantitative estimate of drug-likeness (QED) is 0.850. The summed E-state index contributed by atoms with van der Waals surface area (Å²) in [6, 6.07) is 9.95. The summed E-state index contributed by atoms with van der Waals surface area (Å²) in [5.74, 6) is 0.363. The third-order valence-electron chi connectivity index (χ3n) is 5.38. The van der Waals surface area contributed by atoms with Gasteiger partial charge in [-0.05, 0) is 53.5 Å². The summed E-state index contributed by atoms with van der Waals surface area (Å²) >= 11 is 1.70. The van der Waals surface area contributed by atoms with Crippen LogP contribution in [0, 0.1) is 0 Å². The van der Waals surface area contributed by atoms with Crippen LogP contribution in [0.2, 0.25) is 0 Å². The first-order valence-electron chi connectivity index (χ1n) is 9.06. The second kappa shape index (κ2) is 7.26. The van der Waals surface area contributed by atoms with Gasteiger partial charge in [-0.3, -0.25) is 0 Å². The third-order valence-corrected chi connectivity index (χ3v) is 7.63. The lowest BCUT2D eigenvalue weighted by Crippen LogP contribution is -2.37. The minimum atomic E-state index is -3.09. The first-order chi connectivity index (χ1) is 12.9. The molecule has 3 heterocycles. The normalized spacial score (nSPS) is 18.5. The molecule has 8 heteroatoms. The number of hydrogen-bond acceptors (Lipinski definition) is 4. The number of fused-ring (bicyclic) bond motifs is 1. The van der Waals surface area contributed by atoms with Crippen molar-refractivity contribution in [1.82, 2.24) is 9.21 Å². The van der Waals surface area contributed by atoms with Gasteiger partial charge in [0.05, 0.1) is 12.8 Å². The average molecular weight is 406 g/mol. The van der Waals surface area contributed by atoms with Crippen molar-refractivity contribution in [2.45, 2.75) is 31.8 Å². The summed E-state index contributed by atoms with van der Waals surface area (Å²) in [5, 5.41) is 5.04. The Bertz CT molecular complexity index is 909. The van der Waals surface area contributed by atoms with E-state index in [-0.39, 0.29) is 6.03 Å². The molecule has 27 heavy (non-hydrogen) atoms. The molecule has 6 nitrogen and oxygen atoms in total. The maximum absolute atomic E-state index is 12.5. The lowest BCUT2D eigenvalue weighted by atomic mass is 9.90. The minimum Gasteiger partial charge on any atom is -0.315 e. The summed E-state index contributed by atoms with van der Waals surface area (Å²) < 4.78 is 24.8. The Balaban J connectivity index is 1.33. The molecular weight excluding hydrogens is 382 g/mol. The largest absolute Gasteiger partial charge is 0.322 e. The van der Waals surface area contributed by atoms with Gasteiger partial charge in [0.25, 0.3) is 0 Å². The molecular formula is C19H23N3O3S2. The van der Waals surface area contributed by atoms with Crippen LogP contribution in [0.25, 0.3) is 0 Å². The van der Waals surface area contributed by atoms with E-state index in [0.29, 0.717) is 32.1 Å². The highest BCUT2D eigenvalue weighted by Crippen LogP contribution is 2.30. The SMILES string of the molecule is CS(=O)(=O)N1CCC(c2ccc(NC(=O)N3Cc4ccsc4C3)cc2)CC1. The monoisotopic (exact) mass is 405 g/mol. The number of nitrogens with zero attached hydrogens (tertiary/aromatic N) is 2. The number of amides is 2. The molecule has 0 atom stereocenters. The number of benzene rings is 1. The van der Waals surface area contributed by atoms with E-state index in [1.165, 1.54) is 22.3 Å². The zero-order valence-electron chi connectivity index (χ0n) is 15.2.